The Hall–Kier alpha value is -1.09. The molecule has 0 aliphatic rings. The van der Waals surface area contributed by atoms with Crippen LogP contribution in [0, 0.1) is 0 Å². The Kier molecular flexibility index (Phi) is 5.38. The van der Waals surface area contributed by atoms with Crippen LogP contribution in [0.25, 0.3) is 0 Å². The molecule has 0 unspecified atom stereocenters. The Morgan fingerprint density at radius 2 is 2.30 bits per heavy atom. The van der Waals surface area contributed by atoms with Crippen molar-refractivity contribution >= 4 is 5.91 Å². The fraction of sp³-hybridized carbons (Fsp3) is 0.286. The number of nitrogens with one attached hydrogen (secondary N) is 1. The van der Waals surface area contributed by atoms with Gasteiger partial charge in [-0.05, 0) is 6.92 Å². The quantitative estimate of drug-likeness (QED) is 0.335. The average molecular weight is 141 g/mol. The minimum atomic E-state index is -0.320. The second kappa shape index (κ2) is 6.04. The lowest BCUT2D eigenvalue weighted by Gasteiger charge is -1.91. The molecule has 56 valence electrons. The van der Waals surface area contributed by atoms with E-state index in [0.29, 0.717) is 0 Å². The predicted octanol–water partition coefficient (Wildman–Crippen LogP) is 0.185. The van der Waals surface area contributed by atoms with Crippen LogP contribution in [0.3, 0.4) is 0 Å². The first kappa shape index (κ1) is 8.91. The summed E-state index contributed by atoms with van der Waals surface area (Å²) >= 11 is 0. The highest BCUT2D eigenvalue weighted by Gasteiger charge is 1.87. The van der Waals surface area contributed by atoms with Gasteiger partial charge in [-0.1, -0.05) is 18.2 Å². The van der Waals surface area contributed by atoms with Crippen molar-refractivity contribution in [2.24, 2.45) is 0 Å². The fourth-order valence-electron chi connectivity index (χ4n) is 0.391. The minimum Gasteiger partial charge on any atom is -0.376 e. The highest BCUT2D eigenvalue weighted by molar-refractivity contribution is 5.87. The summed E-state index contributed by atoms with van der Waals surface area (Å²) < 4.78 is 0. The topological polar surface area (TPSA) is 49.3 Å². The van der Waals surface area contributed by atoms with Crippen LogP contribution >= 0.6 is 0 Å². The first-order valence-electron chi connectivity index (χ1n) is 2.99. The summed E-state index contributed by atoms with van der Waals surface area (Å²) in [4.78, 5) is 10.5. The van der Waals surface area contributed by atoms with E-state index in [0.717, 1.165) is 0 Å². The number of amides is 1. The van der Waals surface area contributed by atoms with Gasteiger partial charge < -0.3 is 10.4 Å². The minimum absolute atomic E-state index is 0.291. The molecule has 0 heterocycles. The van der Waals surface area contributed by atoms with E-state index in [1.807, 2.05) is 13.0 Å². The molecule has 10 heavy (non-hydrogen) atoms. The molecule has 0 radical (unpaired) electrons. The van der Waals surface area contributed by atoms with E-state index in [9.17, 15) is 4.79 Å². The molecular weight excluding hydrogens is 130 g/mol. The van der Waals surface area contributed by atoms with Gasteiger partial charge in [0.05, 0.1) is 0 Å². The molecule has 0 aliphatic carbocycles. The van der Waals surface area contributed by atoms with Crippen LogP contribution in [0.5, 0.6) is 0 Å². The van der Waals surface area contributed by atoms with Gasteiger partial charge in [-0.2, -0.15) is 0 Å². The molecule has 1 amide bonds. The zero-order valence-corrected chi connectivity index (χ0v) is 5.87. The van der Waals surface area contributed by atoms with Crippen molar-refractivity contribution in [3.8, 4) is 0 Å². The van der Waals surface area contributed by atoms with Gasteiger partial charge in [-0.25, -0.2) is 0 Å². The van der Waals surface area contributed by atoms with Crippen LogP contribution in [-0.2, 0) is 4.79 Å². The summed E-state index contributed by atoms with van der Waals surface area (Å²) in [5, 5.41) is 10.4. The number of carbonyl (C=O) groups is 1. The van der Waals surface area contributed by atoms with Crippen LogP contribution in [-0.4, -0.2) is 17.7 Å². The summed E-state index contributed by atoms with van der Waals surface area (Å²) in [6, 6.07) is 0. The molecule has 0 atom stereocenters. The maximum Gasteiger partial charge on any atom is 0.245 e. The van der Waals surface area contributed by atoms with Gasteiger partial charge >= 0.3 is 0 Å². The van der Waals surface area contributed by atoms with Crippen LogP contribution in [0.2, 0.25) is 0 Å². The molecule has 0 saturated carbocycles. The molecule has 2 N–H and O–H groups in total. The third-order valence-corrected chi connectivity index (χ3v) is 0.804. The van der Waals surface area contributed by atoms with Gasteiger partial charge in [0.1, 0.15) is 6.73 Å². The Balaban J connectivity index is 3.56. The molecule has 3 nitrogen and oxygen atoms in total. The number of hydrogen-bond donors (Lipinski definition) is 2. The highest BCUT2D eigenvalue weighted by Crippen LogP contribution is 1.75. The van der Waals surface area contributed by atoms with Crippen LogP contribution < -0.4 is 5.32 Å². The summed E-state index contributed by atoms with van der Waals surface area (Å²) in [7, 11) is 0. The molecule has 0 aliphatic heterocycles. The fourth-order valence-corrected chi connectivity index (χ4v) is 0.391. The van der Waals surface area contributed by atoms with Crippen molar-refractivity contribution < 1.29 is 9.90 Å². The van der Waals surface area contributed by atoms with Gasteiger partial charge in [-0.15, -0.1) is 0 Å². The van der Waals surface area contributed by atoms with Crippen molar-refractivity contribution in [2.75, 3.05) is 6.73 Å². The van der Waals surface area contributed by atoms with Crippen molar-refractivity contribution in [1.29, 1.82) is 0 Å². The monoisotopic (exact) mass is 141 g/mol. The van der Waals surface area contributed by atoms with E-state index in [-0.39, 0.29) is 12.6 Å². The van der Waals surface area contributed by atoms with Gasteiger partial charge in [-0.3, -0.25) is 4.79 Å². The molecule has 0 spiro atoms. The smallest absolute Gasteiger partial charge is 0.245 e. The Morgan fingerprint density at radius 1 is 1.60 bits per heavy atom. The SMILES string of the molecule is CC=CC=CC(=O)NCO. The van der Waals surface area contributed by atoms with Crippen LogP contribution in [0.1, 0.15) is 6.92 Å². The van der Waals surface area contributed by atoms with Crippen molar-refractivity contribution in [1.82, 2.24) is 5.32 Å². The zero-order valence-electron chi connectivity index (χ0n) is 5.87. The number of aliphatic hydroxyl groups excluding tert-OH is 1. The van der Waals surface area contributed by atoms with Crippen molar-refractivity contribution in [3.63, 3.8) is 0 Å². The second-order valence-electron chi connectivity index (χ2n) is 1.58. The maximum atomic E-state index is 10.5. The molecule has 0 rings (SSSR count). The number of allylic oxidation sites excluding steroid dienone is 3. The summed E-state index contributed by atoms with van der Waals surface area (Å²) in [5.41, 5.74) is 0. The predicted molar refractivity (Wildman–Crippen MR) is 39.2 cm³/mol. The summed E-state index contributed by atoms with van der Waals surface area (Å²) in [6.07, 6.45) is 6.49. The van der Waals surface area contributed by atoms with E-state index in [4.69, 9.17) is 5.11 Å². The van der Waals surface area contributed by atoms with Gasteiger partial charge in [0, 0.05) is 6.08 Å². The maximum absolute atomic E-state index is 10.5. The lowest BCUT2D eigenvalue weighted by atomic mass is 10.4. The van der Waals surface area contributed by atoms with E-state index in [2.05, 4.69) is 5.32 Å². The van der Waals surface area contributed by atoms with Crippen LogP contribution in [0.15, 0.2) is 24.3 Å². The molecule has 0 aromatic carbocycles. The number of rotatable bonds is 3. The molecule has 3 heteroatoms. The first-order chi connectivity index (χ1) is 4.81. The molecule has 0 aromatic heterocycles. The Morgan fingerprint density at radius 3 is 2.80 bits per heavy atom. The Bertz CT molecular complexity index is 150. The molecule has 0 aromatic rings. The standard InChI is InChI=1S/C7H11NO2/c1-2-3-4-5-7(10)8-6-9/h2-5,9H,6H2,1H3,(H,8,10). The molecular formula is C7H11NO2. The number of aliphatic hydroxyl groups is 1. The van der Waals surface area contributed by atoms with E-state index >= 15 is 0 Å². The second-order valence-corrected chi connectivity index (χ2v) is 1.58. The lowest BCUT2D eigenvalue weighted by molar-refractivity contribution is -0.117. The zero-order chi connectivity index (χ0) is 7.82. The van der Waals surface area contributed by atoms with Gasteiger partial charge in [0.15, 0.2) is 0 Å². The third-order valence-electron chi connectivity index (χ3n) is 0.804. The summed E-state index contributed by atoms with van der Waals surface area (Å²) in [6.45, 7) is 1.54. The van der Waals surface area contributed by atoms with Crippen LogP contribution in [0.4, 0.5) is 0 Å². The van der Waals surface area contributed by atoms with Gasteiger partial charge in [0.2, 0.25) is 5.91 Å². The largest absolute Gasteiger partial charge is 0.376 e. The summed E-state index contributed by atoms with van der Waals surface area (Å²) in [5.74, 6) is -0.291. The van der Waals surface area contributed by atoms with Crippen molar-refractivity contribution in [2.45, 2.75) is 6.92 Å². The lowest BCUT2D eigenvalue weighted by Crippen LogP contribution is -2.21. The number of carbonyl (C=O) groups excluding carboxylic acids is 1. The highest BCUT2D eigenvalue weighted by atomic mass is 16.3. The number of hydrogen-bond acceptors (Lipinski definition) is 2. The van der Waals surface area contributed by atoms with E-state index < -0.39 is 0 Å². The van der Waals surface area contributed by atoms with Crippen molar-refractivity contribution in [3.05, 3.63) is 24.3 Å². The average Bonchev–Trinajstić information content (AvgIpc) is 1.89. The molecule has 0 fully saturated rings. The molecule has 0 bridgehead atoms. The van der Waals surface area contributed by atoms with E-state index in [1.54, 1.807) is 12.2 Å². The van der Waals surface area contributed by atoms with Gasteiger partial charge in [0.25, 0.3) is 0 Å². The van der Waals surface area contributed by atoms with E-state index in [1.165, 1.54) is 6.08 Å². The molecule has 0 saturated heterocycles. The third kappa shape index (κ3) is 5.05. The Labute approximate surface area is 60.1 Å². The first-order valence-corrected chi connectivity index (χ1v) is 2.99. The normalized spacial score (nSPS) is 11.0.